The number of thiophene rings is 1. The molecule has 0 radical (unpaired) electrons. The van der Waals surface area contributed by atoms with Crippen LogP contribution >= 0.6 is 11.3 Å². The minimum absolute atomic E-state index is 0.0580. The maximum Gasteiger partial charge on any atom is 0.263 e. The largest absolute Gasteiger partial charge is 0.378 e. The highest BCUT2D eigenvalue weighted by Gasteiger charge is 2.33. The summed E-state index contributed by atoms with van der Waals surface area (Å²) in [6.07, 6.45) is 1.56. The van der Waals surface area contributed by atoms with Crippen LogP contribution in [-0.4, -0.2) is 28.3 Å². The fourth-order valence-corrected chi connectivity index (χ4v) is 4.61. The van der Waals surface area contributed by atoms with Gasteiger partial charge in [-0.05, 0) is 35.2 Å². The first-order valence-corrected chi connectivity index (χ1v) is 8.89. The van der Waals surface area contributed by atoms with Crippen LogP contribution in [0, 0.1) is 0 Å². The quantitative estimate of drug-likeness (QED) is 0.856. The van der Waals surface area contributed by atoms with Crippen molar-refractivity contribution < 1.29 is 13.2 Å². The smallest absolute Gasteiger partial charge is 0.263 e. The molecule has 0 spiro atoms. The van der Waals surface area contributed by atoms with Crippen molar-refractivity contribution in [1.29, 1.82) is 0 Å². The van der Waals surface area contributed by atoms with Gasteiger partial charge in [-0.3, -0.25) is 9.52 Å². The first kappa shape index (κ1) is 14.8. The summed E-state index contributed by atoms with van der Waals surface area (Å²) in [6.45, 7) is 0. The highest BCUT2D eigenvalue weighted by molar-refractivity contribution is 7.90. The second-order valence-electron chi connectivity index (χ2n) is 5.09. The van der Waals surface area contributed by atoms with E-state index in [1.165, 1.54) is 6.07 Å². The van der Waals surface area contributed by atoms with Gasteiger partial charge in [0.1, 0.15) is 4.90 Å². The van der Waals surface area contributed by atoms with E-state index in [4.69, 9.17) is 0 Å². The van der Waals surface area contributed by atoms with Crippen LogP contribution in [0.15, 0.2) is 46.3 Å². The van der Waals surface area contributed by atoms with Crippen LogP contribution in [0.5, 0.6) is 0 Å². The van der Waals surface area contributed by atoms with Crippen molar-refractivity contribution in [3.63, 3.8) is 0 Å². The van der Waals surface area contributed by atoms with Crippen LogP contribution in [0.25, 0.3) is 6.08 Å². The predicted octanol–water partition coefficient (Wildman–Crippen LogP) is 2.33. The number of Topliss-reactive ketones (excluding diaryl/α,β-unsaturated/α-hetero) is 1. The Labute approximate surface area is 132 Å². The fraction of sp³-hybridized carbons (Fsp3) is 0.133. The lowest BCUT2D eigenvalue weighted by molar-refractivity contribution is 0.103. The summed E-state index contributed by atoms with van der Waals surface area (Å²) in [4.78, 5) is 14.6. The van der Waals surface area contributed by atoms with E-state index in [2.05, 4.69) is 4.72 Å². The Morgan fingerprint density at radius 1 is 1.14 bits per heavy atom. The van der Waals surface area contributed by atoms with Crippen LogP contribution in [0.4, 0.5) is 5.69 Å². The van der Waals surface area contributed by atoms with Gasteiger partial charge in [0, 0.05) is 19.8 Å². The zero-order valence-corrected chi connectivity index (χ0v) is 13.7. The molecular formula is C15H14N2O3S2. The van der Waals surface area contributed by atoms with Gasteiger partial charge >= 0.3 is 0 Å². The molecule has 3 rings (SSSR count). The molecule has 1 aromatic carbocycles. The van der Waals surface area contributed by atoms with Crippen LogP contribution < -0.4 is 9.62 Å². The minimum atomic E-state index is -3.66. The van der Waals surface area contributed by atoms with Crippen molar-refractivity contribution in [1.82, 2.24) is 4.72 Å². The second-order valence-corrected chi connectivity index (χ2v) is 7.66. The third kappa shape index (κ3) is 2.53. The van der Waals surface area contributed by atoms with Crippen LogP contribution in [-0.2, 0) is 10.0 Å². The van der Waals surface area contributed by atoms with Crippen LogP contribution in [0.3, 0.4) is 0 Å². The Morgan fingerprint density at radius 2 is 1.82 bits per heavy atom. The zero-order valence-electron chi connectivity index (χ0n) is 12.0. The van der Waals surface area contributed by atoms with E-state index < -0.39 is 10.0 Å². The number of nitrogens with one attached hydrogen (secondary N) is 1. The molecule has 22 heavy (non-hydrogen) atoms. The van der Waals surface area contributed by atoms with Gasteiger partial charge in [0.15, 0.2) is 0 Å². The standard InChI is InChI=1S/C15H14N2O3S2/c1-17(2)11-5-3-10(4-6-11)9-12-14(18)15-13(7-8-21-15)22(19,20)16-12/h3-9,16H,1-2H3/b12-9+. The number of allylic oxidation sites excluding steroid dienone is 1. The van der Waals surface area contributed by atoms with Crippen molar-refractivity contribution in [2.45, 2.75) is 4.90 Å². The van der Waals surface area contributed by atoms with E-state index in [1.807, 2.05) is 43.3 Å². The molecule has 0 saturated heterocycles. The van der Waals surface area contributed by atoms with Gasteiger partial charge in [-0.1, -0.05) is 12.1 Å². The molecule has 0 unspecified atom stereocenters. The van der Waals surface area contributed by atoms with Crippen molar-refractivity contribution in [2.75, 3.05) is 19.0 Å². The molecule has 1 aliphatic rings. The Kier molecular flexibility index (Phi) is 3.54. The highest BCUT2D eigenvalue weighted by Crippen LogP contribution is 2.29. The molecule has 0 atom stereocenters. The predicted molar refractivity (Wildman–Crippen MR) is 87.7 cm³/mol. The maximum absolute atomic E-state index is 12.4. The second kappa shape index (κ2) is 5.26. The Balaban J connectivity index is 2.00. The van der Waals surface area contributed by atoms with Gasteiger partial charge in [-0.2, -0.15) is 0 Å². The van der Waals surface area contributed by atoms with E-state index in [9.17, 15) is 13.2 Å². The van der Waals surface area contributed by atoms with Gasteiger partial charge in [0.05, 0.1) is 10.6 Å². The van der Waals surface area contributed by atoms with Crippen molar-refractivity contribution in [3.05, 3.63) is 51.8 Å². The summed E-state index contributed by atoms with van der Waals surface area (Å²) in [6, 6.07) is 8.94. The third-order valence-electron chi connectivity index (χ3n) is 3.33. The number of carbonyl (C=O) groups excluding carboxylic acids is 1. The Bertz CT molecular complexity index is 862. The zero-order chi connectivity index (χ0) is 15.9. The third-order valence-corrected chi connectivity index (χ3v) is 5.78. The molecule has 7 heteroatoms. The number of anilines is 1. The summed E-state index contributed by atoms with van der Waals surface area (Å²) in [5.41, 5.74) is 1.86. The molecule has 114 valence electrons. The first-order valence-electron chi connectivity index (χ1n) is 6.52. The molecule has 2 aromatic rings. The first-order chi connectivity index (χ1) is 10.4. The summed E-state index contributed by atoms with van der Waals surface area (Å²) >= 11 is 1.14. The lowest BCUT2D eigenvalue weighted by Crippen LogP contribution is -2.33. The van der Waals surface area contributed by atoms with Crippen molar-refractivity contribution >= 4 is 38.9 Å². The number of rotatable bonds is 2. The van der Waals surface area contributed by atoms with Crippen molar-refractivity contribution in [2.24, 2.45) is 0 Å². The number of nitrogens with zero attached hydrogens (tertiary/aromatic N) is 1. The average molecular weight is 334 g/mol. The summed E-state index contributed by atoms with van der Waals surface area (Å²) in [5.74, 6) is -0.295. The number of hydrogen-bond acceptors (Lipinski definition) is 5. The van der Waals surface area contributed by atoms with Gasteiger partial charge in [0.25, 0.3) is 10.0 Å². The van der Waals surface area contributed by atoms with Crippen molar-refractivity contribution in [3.8, 4) is 0 Å². The van der Waals surface area contributed by atoms with E-state index >= 15 is 0 Å². The number of carbonyl (C=O) groups is 1. The number of hydrogen-bond donors (Lipinski definition) is 1. The molecule has 0 saturated carbocycles. The van der Waals surface area contributed by atoms with E-state index in [1.54, 1.807) is 11.5 Å². The number of sulfonamides is 1. The van der Waals surface area contributed by atoms with Gasteiger partial charge in [0.2, 0.25) is 5.78 Å². The number of benzene rings is 1. The lowest BCUT2D eigenvalue weighted by Gasteiger charge is -2.17. The summed E-state index contributed by atoms with van der Waals surface area (Å²) in [5, 5.41) is 1.61. The van der Waals surface area contributed by atoms with E-state index in [-0.39, 0.29) is 21.3 Å². The average Bonchev–Trinajstić information content (AvgIpc) is 2.96. The summed E-state index contributed by atoms with van der Waals surface area (Å²) < 4.78 is 26.6. The van der Waals surface area contributed by atoms with E-state index in [0.717, 1.165) is 22.6 Å². The molecule has 0 bridgehead atoms. The Hall–Kier alpha value is -2.12. The SMILES string of the molecule is CN(C)c1ccc(/C=C2/NS(=O)(=O)c3ccsc3C2=O)cc1. The van der Waals surface area contributed by atoms with Gasteiger partial charge in [-0.25, -0.2) is 8.42 Å². The molecule has 2 heterocycles. The molecule has 1 aromatic heterocycles. The monoisotopic (exact) mass is 334 g/mol. The minimum Gasteiger partial charge on any atom is -0.378 e. The number of ketones is 1. The molecule has 0 fully saturated rings. The fourth-order valence-electron chi connectivity index (χ4n) is 2.17. The lowest BCUT2D eigenvalue weighted by atomic mass is 10.1. The normalized spacial score (nSPS) is 17.9. The molecule has 1 N–H and O–H groups in total. The number of fused-ring (bicyclic) bond motifs is 1. The van der Waals surface area contributed by atoms with Crippen LogP contribution in [0.1, 0.15) is 15.2 Å². The molecule has 0 aliphatic carbocycles. The van der Waals surface area contributed by atoms with Gasteiger partial charge in [-0.15, -0.1) is 11.3 Å². The molecule has 0 amide bonds. The molecule has 1 aliphatic heterocycles. The molecular weight excluding hydrogens is 320 g/mol. The maximum atomic E-state index is 12.4. The van der Waals surface area contributed by atoms with E-state index in [0.29, 0.717) is 0 Å². The Morgan fingerprint density at radius 3 is 2.45 bits per heavy atom. The van der Waals surface area contributed by atoms with Gasteiger partial charge < -0.3 is 4.90 Å². The highest BCUT2D eigenvalue weighted by atomic mass is 32.2. The topological polar surface area (TPSA) is 66.5 Å². The summed E-state index contributed by atoms with van der Waals surface area (Å²) in [7, 11) is 0.211. The molecule has 5 nitrogen and oxygen atoms in total. The van der Waals surface area contributed by atoms with Crippen LogP contribution in [0.2, 0.25) is 0 Å².